The lowest BCUT2D eigenvalue weighted by molar-refractivity contribution is -0.150. The molecule has 0 radical (unpaired) electrons. The molecular formula is C14H21N3O3. The van der Waals surface area contributed by atoms with Gasteiger partial charge in [0.05, 0.1) is 5.41 Å². The molecule has 1 saturated carbocycles. The minimum Gasteiger partial charge on any atom is -0.481 e. The molecular weight excluding hydrogens is 258 g/mol. The van der Waals surface area contributed by atoms with E-state index in [0.717, 1.165) is 12.8 Å². The van der Waals surface area contributed by atoms with Crippen molar-refractivity contribution in [2.45, 2.75) is 32.6 Å². The summed E-state index contributed by atoms with van der Waals surface area (Å²) in [6.07, 6.45) is 6.21. The Balaban J connectivity index is 2.12. The molecule has 1 aromatic rings. The molecule has 1 aliphatic rings. The molecule has 2 N–H and O–H groups in total. The highest BCUT2D eigenvalue weighted by Crippen LogP contribution is 2.39. The van der Waals surface area contributed by atoms with Crippen LogP contribution in [0, 0.1) is 11.3 Å². The normalized spacial score (nSPS) is 26.2. The number of hydrogen-bond acceptors (Lipinski definition) is 4. The molecule has 1 heterocycles. The second-order valence-electron chi connectivity index (χ2n) is 5.81. The Labute approximate surface area is 117 Å². The zero-order chi connectivity index (χ0) is 14.8. The Morgan fingerprint density at radius 3 is 2.80 bits per heavy atom. The van der Waals surface area contributed by atoms with Crippen LogP contribution in [0.2, 0.25) is 0 Å². The fourth-order valence-corrected chi connectivity index (χ4v) is 2.65. The number of carbonyl (C=O) groups is 1. The minimum absolute atomic E-state index is 0.217. The van der Waals surface area contributed by atoms with Crippen molar-refractivity contribution in [1.29, 1.82) is 0 Å². The molecule has 0 saturated heterocycles. The first kappa shape index (κ1) is 14.6. The number of carboxylic acid groups (broad SMARTS) is 1. The molecule has 0 spiro atoms. The summed E-state index contributed by atoms with van der Waals surface area (Å²) in [5.41, 5.74) is -1.02. The summed E-state index contributed by atoms with van der Waals surface area (Å²) in [7, 11) is 1.64. The van der Waals surface area contributed by atoms with E-state index >= 15 is 0 Å². The highest BCUT2D eigenvalue weighted by molar-refractivity contribution is 5.75. The Morgan fingerprint density at radius 2 is 2.20 bits per heavy atom. The number of hydrogen-bond donors (Lipinski definition) is 2. The smallest absolute Gasteiger partial charge is 0.311 e. The maximum absolute atomic E-state index is 11.9. The van der Waals surface area contributed by atoms with Crippen molar-refractivity contribution in [3.05, 3.63) is 22.7 Å². The molecule has 1 aromatic heterocycles. The molecule has 0 unspecified atom stereocenters. The first-order valence-electron chi connectivity index (χ1n) is 6.93. The van der Waals surface area contributed by atoms with Gasteiger partial charge in [0, 0.05) is 26.0 Å². The molecule has 0 aliphatic heterocycles. The molecule has 6 nitrogen and oxygen atoms in total. The number of carboxylic acids is 1. The van der Waals surface area contributed by atoms with E-state index in [9.17, 15) is 14.7 Å². The molecule has 20 heavy (non-hydrogen) atoms. The van der Waals surface area contributed by atoms with Gasteiger partial charge in [0.1, 0.15) is 0 Å². The van der Waals surface area contributed by atoms with E-state index in [1.165, 1.54) is 10.8 Å². The average Bonchev–Trinajstić information content (AvgIpc) is 2.42. The summed E-state index contributed by atoms with van der Waals surface area (Å²) in [5, 5.41) is 12.5. The third-order valence-electron chi connectivity index (χ3n) is 4.30. The summed E-state index contributed by atoms with van der Waals surface area (Å²) in [6.45, 7) is 2.40. The van der Waals surface area contributed by atoms with Crippen molar-refractivity contribution in [2.24, 2.45) is 18.4 Å². The van der Waals surface area contributed by atoms with E-state index in [0.29, 0.717) is 18.8 Å². The molecule has 1 fully saturated rings. The first-order valence-corrected chi connectivity index (χ1v) is 6.93. The average molecular weight is 279 g/mol. The lowest BCUT2D eigenvalue weighted by Gasteiger charge is -2.35. The molecule has 110 valence electrons. The first-order chi connectivity index (χ1) is 9.44. The van der Waals surface area contributed by atoms with Crippen molar-refractivity contribution < 1.29 is 9.90 Å². The summed E-state index contributed by atoms with van der Waals surface area (Å²) in [5.74, 6) is 0.00379. The zero-order valence-corrected chi connectivity index (χ0v) is 11.9. The number of rotatable bonds is 4. The fraction of sp³-hybridized carbons (Fsp3) is 0.643. The SMILES string of the molecule is CC1CCC(CNc2nccn(C)c2=O)(C(=O)O)CC1. The van der Waals surface area contributed by atoms with Gasteiger partial charge in [-0.3, -0.25) is 9.59 Å². The Bertz CT molecular complexity index is 545. The molecule has 0 aromatic carbocycles. The number of aromatic nitrogens is 2. The number of nitrogens with one attached hydrogen (secondary N) is 1. The van der Waals surface area contributed by atoms with E-state index in [2.05, 4.69) is 17.2 Å². The quantitative estimate of drug-likeness (QED) is 0.872. The lowest BCUT2D eigenvalue weighted by Crippen LogP contribution is -2.42. The number of anilines is 1. The predicted octanol–water partition coefficient (Wildman–Crippen LogP) is 1.47. The second kappa shape index (κ2) is 5.64. The van der Waals surface area contributed by atoms with Crippen molar-refractivity contribution in [2.75, 3.05) is 11.9 Å². The van der Waals surface area contributed by atoms with Gasteiger partial charge in [-0.2, -0.15) is 0 Å². The van der Waals surface area contributed by atoms with Gasteiger partial charge in [0.15, 0.2) is 5.82 Å². The van der Waals surface area contributed by atoms with E-state index in [1.807, 2.05) is 0 Å². The van der Waals surface area contributed by atoms with E-state index in [1.54, 1.807) is 13.2 Å². The van der Waals surface area contributed by atoms with Crippen LogP contribution in [0.15, 0.2) is 17.2 Å². The number of nitrogens with zero attached hydrogens (tertiary/aromatic N) is 2. The van der Waals surface area contributed by atoms with Crippen LogP contribution >= 0.6 is 0 Å². The largest absolute Gasteiger partial charge is 0.481 e. The zero-order valence-electron chi connectivity index (χ0n) is 11.9. The summed E-state index contributed by atoms with van der Waals surface area (Å²) in [6, 6.07) is 0. The van der Waals surface area contributed by atoms with Gasteiger partial charge >= 0.3 is 5.97 Å². The Kier molecular flexibility index (Phi) is 4.11. The van der Waals surface area contributed by atoms with Crippen molar-refractivity contribution in [3.63, 3.8) is 0 Å². The van der Waals surface area contributed by atoms with E-state index in [4.69, 9.17) is 0 Å². The monoisotopic (exact) mass is 279 g/mol. The van der Waals surface area contributed by atoms with Gasteiger partial charge in [0.2, 0.25) is 0 Å². The second-order valence-corrected chi connectivity index (χ2v) is 5.81. The van der Waals surface area contributed by atoms with E-state index < -0.39 is 11.4 Å². The standard InChI is InChI=1S/C14H21N3O3/c1-10-3-5-14(6-4-10,13(19)20)9-16-11-12(18)17(2)8-7-15-11/h7-8,10H,3-6,9H2,1-2H3,(H,15,16)(H,19,20). The summed E-state index contributed by atoms with van der Waals surface area (Å²) in [4.78, 5) is 27.5. The van der Waals surface area contributed by atoms with Crippen molar-refractivity contribution >= 4 is 11.8 Å². The molecule has 0 bridgehead atoms. The molecule has 6 heteroatoms. The fourth-order valence-electron chi connectivity index (χ4n) is 2.65. The third kappa shape index (κ3) is 2.84. The van der Waals surface area contributed by atoms with Crippen LogP contribution in [0.5, 0.6) is 0 Å². The van der Waals surface area contributed by atoms with Crippen LogP contribution in [0.25, 0.3) is 0 Å². The van der Waals surface area contributed by atoms with Crippen LogP contribution in [0.3, 0.4) is 0 Å². The van der Waals surface area contributed by atoms with Crippen LogP contribution in [0.1, 0.15) is 32.6 Å². The van der Waals surface area contributed by atoms with Gasteiger partial charge in [-0.1, -0.05) is 6.92 Å². The van der Waals surface area contributed by atoms with Gasteiger partial charge < -0.3 is 15.0 Å². The summed E-state index contributed by atoms with van der Waals surface area (Å²) < 4.78 is 1.42. The highest BCUT2D eigenvalue weighted by Gasteiger charge is 2.41. The highest BCUT2D eigenvalue weighted by atomic mass is 16.4. The van der Waals surface area contributed by atoms with Crippen LogP contribution in [-0.4, -0.2) is 27.2 Å². The topological polar surface area (TPSA) is 84.2 Å². The maximum Gasteiger partial charge on any atom is 0.311 e. The van der Waals surface area contributed by atoms with Crippen LogP contribution in [-0.2, 0) is 11.8 Å². The molecule has 0 atom stereocenters. The predicted molar refractivity (Wildman–Crippen MR) is 75.7 cm³/mol. The third-order valence-corrected chi connectivity index (χ3v) is 4.30. The van der Waals surface area contributed by atoms with Gasteiger partial charge in [-0.05, 0) is 31.6 Å². The van der Waals surface area contributed by atoms with Crippen LogP contribution in [0.4, 0.5) is 5.82 Å². The Hall–Kier alpha value is -1.85. The van der Waals surface area contributed by atoms with Crippen LogP contribution < -0.4 is 10.9 Å². The number of aryl methyl sites for hydroxylation is 1. The van der Waals surface area contributed by atoms with Crippen molar-refractivity contribution in [1.82, 2.24) is 9.55 Å². The molecule has 0 amide bonds. The van der Waals surface area contributed by atoms with E-state index in [-0.39, 0.29) is 17.9 Å². The lowest BCUT2D eigenvalue weighted by atomic mass is 9.71. The maximum atomic E-state index is 11.9. The number of aliphatic carboxylic acids is 1. The van der Waals surface area contributed by atoms with Gasteiger partial charge in [-0.25, -0.2) is 4.98 Å². The molecule has 1 aliphatic carbocycles. The summed E-state index contributed by atoms with van der Waals surface area (Å²) >= 11 is 0. The van der Waals surface area contributed by atoms with Gasteiger partial charge in [-0.15, -0.1) is 0 Å². The minimum atomic E-state index is -0.787. The molecule has 2 rings (SSSR count). The van der Waals surface area contributed by atoms with Crippen molar-refractivity contribution in [3.8, 4) is 0 Å². The van der Waals surface area contributed by atoms with Gasteiger partial charge in [0.25, 0.3) is 5.56 Å². The Morgan fingerprint density at radius 1 is 1.55 bits per heavy atom.